The monoisotopic (exact) mass is 332 g/mol. The van der Waals surface area contributed by atoms with Crippen LogP contribution in [0.15, 0.2) is 12.1 Å². The van der Waals surface area contributed by atoms with E-state index >= 15 is 0 Å². The average Bonchev–Trinajstić information content (AvgIpc) is 2.76. The van der Waals surface area contributed by atoms with Crippen molar-refractivity contribution in [1.29, 1.82) is 0 Å². The highest BCUT2D eigenvalue weighted by Crippen LogP contribution is 2.47. The van der Waals surface area contributed by atoms with Crippen molar-refractivity contribution in [3.8, 4) is 0 Å². The molecular formula is C16H19Cl3O. The first-order valence-corrected chi connectivity index (χ1v) is 8.18. The Kier molecular flexibility index (Phi) is 5.05. The van der Waals surface area contributed by atoms with Crippen LogP contribution in [0.4, 0.5) is 0 Å². The lowest BCUT2D eigenvalue weighted by Gasteiger charge is -2.30. The lowest BCUT2D eigenvalue weighted by Crippen LogP contribution is -2.30. The van der Waals surface area contributed by atoms with E-state index in [-0.39, 0.29) is 11.2 Å². The maximum Gasteiger partial charge on any atom is 0.172 e. The highest BCUT2D eigenvalue weighted by Gasteiger charge is 2.42. The van der Waals surface area contributed by atoms with E-state index in [1.807, 2.05) is 0 Å². The molecule has 0 unspecified atom stereocenters. The van der Waals surface area contributed by atoms with Crippen molar-refractivity contribution in [2.45, 2.75) is 46.0 Å². The third kappa shape index (κ3) is 3.16. The van der Waals surface area contributed by atoms with E-state index < -0.39 is 0 Å². The summed E-state index contributed by atoms with van der Waals surface area (Å²) in [5.41, 5.74) is 0.148. The molecule has 0 aromatic heterocycles. The number of hydrogen-bond donors (Lipinski definition) is 0. The first kappa shape index (κ1) is 16.1. The van der Waals surface area contributed by atoms with E-state index in [1.165, 1.54) is 0 Å². The van der Waals surface area contributed by atoms with Gasteiger partial charge in [0.15, 0.2) is 5.78 Å². The van der Waals surface area contributed by atoms with Gasteiger partial charge in [-0.2, -0.15) is 0 Å². The SMILES string of the molecule is CC(C)CC1(C(=O)c2c(Cl)cc(Cl)cc2Cl)CCCC1. The molecule has 1 saturated carbocycles. The molecule has 20 heavy (non-hydrogen) atoms. The molecule has 0 aliphatic heterocycles. The minimum atomic E-state index is -0.296. The van der Waals surface area contributed by atoms with Crippen LogP contribution in [0, 0.1) is 11.3 Å². The van der Waals surface area contributed by atoms with Crippen molar-refractivity contribution in [3.05, 3.63) is 32.8 Å². The molecule has 0 radical (unpaired) electrons. The van der Waals surface area contributed by atoms with Crippen molar-refractivity contribution >= 4 is 40.6 Å². The molecule has 0 spiro atoms. The van der Waals surface area contributed by atoms with Gasteiger partial charge in [-0.25, -0.2) is 0 Å². The standard InChI is InChI=1S/C16H19Cl3O/c1-10(2)9-16(5-3-4-6-16)15(20)14-12(18)7-11(17)8-13(14)19/h7-8,10H,3-6,9H2,1-2H3. The van der Waals surface area contributed by atoms with E-state index in [1.54, 1.807) is 12.1 Å². The molecule has 0 atom stereocenters. The van der Waals surface area contributed by atoms with Gasteiger partial charge < -0.3 is 0 Å². The predicted molar refractivity (Wildman–Crippen MR) is 86.2 cm³/mol. The molecule has 1 aliphatic rings. The van der Waals surface area contributed by atoms with Gasteiger partial charge in [-0.15, -0.1) is 0 Å². The lowest BCUT2D eigenvalue weighted by atomic mass is 9.73. The fourth-order valence-electron chi connectivity index (χ4n) is 3.38. The van der Waals surface area contributed by atoms with Crippen molar-refractivity contribution in [1.82, 2.24) is 0 Å². The number of rotatable bonds is 4. The minimum absolute atomic E-state index is 0.0929. The summed E-state index contributed by atoms with van der Waals surface area (Å²) in [6.07, 6.45) is 4.95. The van der Waals surface area contributed by atoms with Crippen LogP contribution in [0.5, 0.6) is 0 Å². The zero-order valence-corrected chi connectivity index (χ0v) is 14.1. The van der Waals surface area contributed by atoms with Crippen LogP contribution < -0.4 is 0 Å². The Bertz CT molecular complexity index is 493. The smallest absolute Gasteiger partial charge is 0.172 e. The van der Waals surface area contributed by atoms with Crippen molar-refractivity contribution < 1.29 is 4.79 Å². The topological polar surface area (TPSA) is 17.1 Å². The van der Waals surface area contributed by atoms with Crippen LogP contribution in [0.25, 0.3) is 0 Å². The average molecular weight is 334 g/mol. The molecule has 1 aromatic rings. The molecule has 0 heterocycles. The minimum Gasteiger partial charge on any atom is -0.293 e. The fourth-order valence-corrected chi connectivity index (χ4v) is 4.37. The summed E-state index contributed by atoms with van der Waals surface area (Å²) in [5, 5.41) is 1.19. The Morgan fingerprint density at radius 3 is 2.10 bits per heavy atom. The summed E-state index contributed by atoms with van der Waals surface area (Å²) in [7, 11) is 0. The van der Waals surface area contributed by atoms with Crippen molar-refractivity contribution in [3.63, 3.8) is 0 Å². The molecule has 2 rings (SSSR count). The van der Waals surface area contributed by atoms with Crippen LogP contribution in [0.1, 0.15) is 56.3 Å². The second kappa shape index (κ2) is 6.25. The predicted octanol–water partition coefficient (Wildman–Crippen LogP) is 6.44. The first-order valence-electron chi connectivity index (χ1n) is 7.05. The summed E-state index contributed by atoms with van der Waals surface area (Å²) in [4.78, 5) is 13.0. The first-order chi connectivity index (χ1) is 9.35. The Morgan fingerprint density at radius 2 is 1.65 bits per heavy atom. The highest BCUT2D eigenvalue weighted by atomic mass is 35.5. The Hall–Kier alpha value is -0.240. The summed E-state index contributed by atoms with van der Waals surface area (Å²) in [6.45, 7) is 4.30. The van der Waals surface area contributed by atoms with E-state index in [4.69, 9.17) is 34.8 Å². The molecule has 0 N–H and O–H groups in total. The highest BCUT2D eigenvalue weighted by molar-refractivity contribution is 6.42. The molecule has 4 heteroatoms. The molecular weight excluding hydrogens is 315 g/mol. The molecule has 1 nitrogen and oxygen atoms in total. The summed E-state index contributed by atoms with van der Waals surface area (Å²) < 4.78 is 0. The van der Waals surface area contributed by atoms with E-state index in [0.717, 1.165) is 32.1 Å². The van der Waals surface area contributed by atoms with Crippen LogP contribution in [0.2, 0.25) is 15.1 Å². The molecule has 0 saturated heterocycles. The number of hydrogen-bond acceptors (Lipinski definition) is 1. The summed E-state index contributed by atoms with van der Waals surface area (Å²) in [6, 6.07) is 3.19. The molecule has 0 amide bonds. The van der Waals surface area contributed by atoms with Crippen molar-refractivity contribution in [2.75, 3.05) is 0 Å². The van der Waals surface area contributed by atoms with Crippen LogP contribution in [-0.4, -0.2) is 5.78 Å². The zero-order valence-electron chi connectivity index (χ0n) is 11.8. The van der Waals surface area contributed by atoms with Gasteiger partial charge in [0.05, 0.1) is 15.6 Å². The normalized spacial score (nSPS) is 17.7. The second-order valence-electron chi connectivity index (χ2n) is 6.16. The van der Waals surface area contributed by atoms with Gasteiger partial charge in [-0.05, 0) is 37.3 Å². The van der Waals surface area contributed by atoms with E-state index in [2.05, 4.69) is 13.8 Å². The third-order valence-corrected chi connectivity index (χ3v) is 4.89. The zero-order chi connectivity index (χ0) is 14.9. The van der Waals surface area contributed by atoms with E-state index in [0.29, 0.717) is 26.5 Å². The second-order valence-corrected chi connectivity index (χ2v) is 7.41. The molecule has 1 aliphatic carbocycles. The van der Waals surface area contributed by atoms with Gasteiger partial charge in [0.2, 0.25) is 0 Å². The van der Waals surface area contributed by atoms with Crippen LogP contribution in [-0.2, 0) is 0 Å². The maximum atomic E-state index is 13.0. The maximum absolute atomic E-state index is 13.0. The van der Waals surface area contributed by atoms with Crippen LogP contribution >= 0.6 is 34.8 Å². The Balaban J connectivity index is 2.43. The largest absolute Gasteiger partial charge is 0.293 e. The number of carbonyl (C=O) groups excluding carboxylic acids is 1. The van der Waals surface area contributed by atoms with Gasteiger partial charge in [-0.1, -0.05) is 61.5 Å². The number of Topliss-reactive ketones (excluding diaryl/α,β-unsaturated/α-hetero) is 1. The summed E-state index contributed by atoms with van der Waals surface area (Å²) in [5.74, 6) is 0.567. The summed E-state index contributed by atoms with van der Waals surface area (Å²) >= 11 is 18.4. The number of ketones is 1. The number of carbonyl (C=O) groups is 1. The number of halogens is 3. The Labute approximate surface area is 135 Å². The van der Waals surface area contributed by atoms with Crippen molar-refractivity contribution in [2.24, 2.45) is 11.3 Å². The van der Waals surface area contributed by atoms with Gasteiger partial charge >= 0.3 is 0 Å². The quantitative estimate of drug-likeness (QED) is 0.580. The fraction of sp³-hybridized carbons (Fsp3) is 0.562. The lowest BCUT2D eigenvalue weighted by molar-refractivity contribution is 0.0760. The van der Waals surface area contributed by atoms with Gasteiger partial charge in [-0.3, -0.25) is 4.79 Å². The third-order valence-electron chi connectivity index (χ3n) is 4.08. The van der Waals surface area contributed by atoms with Gasteiger partial charge in [0.1, 0.15) is 0 Å². The van der Waals surface area contributed by atoms with Crippen LogP contribution in [0.3, 0.4) is 0 Å². The Morgan fingerprint density at radius 1 is 1.15 bits per heavy atom. The molecule has 110 valence electrons. The van der Waals surface area contributed by atoms with E-state index in [9.17, 15) is 4.79 Å². The van der Waals surface area contributed by atoms with Gasteiger partial charge in [0.25, 0.3) is 0 Å². The molecule has 0 bridgehead atoms. The number of benzene rings is 1. The molecule has 1 aromatic carbocycles. The molecule has 1 fully saturated rings. The van der Waals surface area contributed by atoms with Gasteiger partial charge in [0, 0.05) is 10.4 Å².